The lowest BCUT2D eigenvalue weighted by Crippen LogP contribution is -1.95. The summed E-state index contributed by atoms with van der Waals surface area (Å²) in [5, 5.41) is 17.0. The van der Waals surface area contributed by atoms with Crippen LogP contribution in [0.2, 0.25) is 0 Å². The Kier molecular flexibility index (Phi) is 4.96. The van der Waals surface area contributed by atoms with Gasteiger partial charge in [-0.3, -0.25) is 0 Å². The molecule has 4 rings (SSSR count). The zero-order valence-electron chi connectivity index (χ0n) is 13.6. The minimum absolute atomic E-state index is 0.823. The van der Waals surface area contributed by atoms with Gasteiger partial charge in [-0.25, -0.2) is 4.98 Å². The van der Waals surface area contributed by atoms with Gasteiger partial charge < -0.3 is 4.57 Å². The fourth-order valence-electron chi connectivity index (χ4n) is 2.45. The van der Waals surface area contributed by atoms with E-state index in [0.29, 0.717) is 0 Å². The molecule has 0 atom stereocenters. The normalized spacial score (nSPS) is 11.1. The predicted molar refractivity (Wildman–Crippen MR) is 105 cm³/mol. The SMILES string of the molecule is Cn1c(SCc2ccccc2)nnc1-c1csc(Cc2ccsc2)n1. The zero-order chi connectivity index (χ0) is 17.1. The molecule has 0 aliphatic carbocycles. The minimum atomic E-state index is 0.823. The summed E-state index contributed by atoms with van der Waals surface area (Å²) in [4.78, 5) is 4.74. The summed E-state index contributed by atoms with van der Waals surface area (Å²) in [6, 6.07) is 12.5. The monoisotopic (exact) mass is 384 g/mol. The molecule has 0 saturated carbocycles. The van der Waals surface area contributed by atoms with Gasteiger partial charge in [0.15, 0.2) is 11.0 Å². The fourth-order valence-corrected chi connectivity index (χ4v) is 4.79. The first-order chi connectivity index (χ1) is 12.3. The van der Waals surface area contributed by atoms with Crippen molar-refractivity contribution in [1.82, 2.24) is 19.7 Å². The quantitative estimate of drug-likeness (QED) is 0.444. The van der Waals surface area contributed by atoms with Gasteiger partial charge >= 0.3 is 0 Å². The minimum Gasteiger partial charge on any atom is -0.304 e. The Labute approximate surface area is 158 Å². The van der Waals surface area contributed by atoms with E-state index in [9.17, 15) is 0 Å². The van der Waals surface area contributed by atoms with E-state index < -0.39 is 0 Å². The number of thiazole rings is 1. The highest BCUT2D eigenvalue weighted by Crippen LogP contribution is 2.27. The van der Waals surface area contributed by atoms with Crippen LogP contribution in [0.1, 0.15) is 16.1 Å². The average Bonchev–Trinajstić information content (AvgIpc) is 3.37. The Morgan fingerprint density at radius 3 is 2.72 bits per heavy atom. The van der Waals surface area contributed by atoms with E-state index in [1.54, 1.807) is 34.4 Å². The molecule has 7 heteroatoms. The molecule has 0 aliphatic heterocycles. The predicted octanol–water partition coefficient (Wildman–Crippen LogP) is 4.88. The molecule has 0 radical (unpaired) electrons. The van der Waals surface area contributed by atoms with Crippen molar-refractivity contribution in [2.24, 2.45) is 7.05 Å². The molecule has 0 amide bonds. The molecule has 4 aromatic rings. The first-order valence-electron chi connectivity index (χ1n) is 7.81. The summed E-state index contributed by atoms with van der Waals surface area (Å²) in [5.74, 6) is 1.70. The van der Waals surface area contributed by atoms with E-state index in [1.807, 2.05) is 17.7 Å². The molecule has 3 aromatic heterocycles. The van der Waals surface area contributed by atoms with Crippen molar-refractivity contribution in [3.63, 3.8) is 0 Å². The fraction of sp³-hybridized carbons (Fsp3) is 0.167. The van der Waals surface area contributed by atoms with Crippen LogP contribution in [0.3, 0.4) is 0 Å². The number of thioether (sulfide) groups is 1. The number of benzene rings is 1. The Morgan fingerprint density at radius 1 is 1.04 bits per heavy atom. The highest BCUT2D eigenvalue weighted by Gasteiger charge is 2.14. The standard InChI is InChI=1S/C18H16N4S3/c1-22-17(15-12-24-16(19-15)9-14-7-8-23-10-14)20-21-18(22)25-11-13-5-3-2-4-6-13/h2-8,10,12H,9,11H2,1H3. The van der Waals surface area contributed by atoms with Crippen molar-refractivity contribution >= 4 is 34.4 Å². The van der Waals surface area contributed by atoms with Crippen LogP contribution in [0.15, 0.2) is 57.7 Å². The summed E-state index contributed by atoms with van der Waals surface area (Å²) >= 11 is 5.09. The van der Waals surface area contributed by atoms with Gasteiger partial charge in [-0.2, -0.15) is 11.3 Å². The average molecular weight is 385 g/mol. The molecule has 0 unspecified atom stereocenters. The number of rotatable bonds is 6. The summed E-state index contributed by atoms with van der Waals surface area (Å²) in [6.07, 6.45) is 0.877. The molecule has 4 nitrogen and oxygen atoms in total. The zero-order valence-corrected chi connectivity index (χ0v) is 16.1. The second kappa shape index (κ2) is 7.51. The lowest BCUT2D eigenvalue weighted by molar-refractivity contribution is 0.792. The lowest BCUT2D eigenvalue weighted by Gasteiger charge is -2.02. The third kappa shape index (κ3) is 3.84. The highest BCUT2D eigenvalue weighted by molar-refractivity contribution is 7.98. The smallest absolute Gasteiger partial charge is 0.191 e. The van der Waals surface area contributed by atoms with Gasteiger partial charge in [-0.1, -0.05) is 42.1 Å². The summed E-state index contributed by atoms with van der Waals surface area (Å²) in [5.41, 5.74) is 3.49. The Hall–Kier alpha value is -1.96. The second-order valence-electron chi connectivity index (χ2n) is 5.57. The maximum Gasteiger partial charge on any atom is 0.191 e. The van der Waals surface area contributed by atoms with E-state index >= 15 is 0 Å². The number of nitrogens with zero attached hydrogens (tertiary/aromatic N) is 4. The van der Waals surface area contributed by atoms with Gasteiger partial charge in [0.2, 0.25) is 0 Å². The largest absolute Gasteiger partial charge is 0.304 e. The van der Waals surface area contributed by atoms with Crippen LogP contribution in [0.5, 0.6) is 0 Å². The maximum absolute atomic E-state index is 4.74. The molecule has 3 heterocycles. The molecule has 0 fully saturated rings. The van der Waals surface area contributed by atoms with Crippen LogP contribution in [0.4, 0.5) is 0 Å². The summed E-state index contributed by atoms with van der Waals surface area (Å²) in [7, 11) is 2.00. The molecule has 0 aliphatic rings. The lowest BCUT2D eigenvalue weighted by atomic mass is 10.2. The Bertz CT molecular complexity index is 942. The first kappa shape index (κ1) is 16.5. The third-order valence-electron chi connectivity index (χ3n) is 3.76. The van der Waals surface area contributed by atoms with Crippen LogP contribution in [-0.4, -0.2) is 19.7 Å². The summed E-state index contributed by atoms with van der Waals surface area (Å²) in [6.45, 7) is 0. The van der Waals surface area contributed by atoms with Crippen molar-refractivity contribution in [2.75, 3.05) is 0 Å². The third-order valence-corrected chi connectivity index (χ3v) is 6.43. The van der Waals surface area contributed by atoms with Crippen molar-refractivity contribution < 1.29 is 0 Å². The van der Waals surface area contributed by atoms with Gasteiger partial charge in [-0.15, -0.1) is 21.5 Å². The van der Waals surface area contributed by atoms with E-state index in [-0.39, 0.29) is 0 Å². The Morgan fingerprint density at radius 2 is 1.92 bits per heavy atom. The topological polar surface area (TPSA) is 43.6 Å². The van der Waals surface area contributed by atoms with Crippen LogP contribution in [-0.2, 0) is 19.2 Å². The van der Waals surface area contributed by atoms with Gasteiger partial charge in [-0.05, 0) is 28.0 Å². The molecular formula is C18H16N4S3. The van der Waals surface area contributed by atoms with Gasteiger partial charge in [0.1, 0.15) is 5.69 Å². The number of hydrogen-bond acceptors (Lipinski definition) is 6. The van der Waals surface area contributed by atoms with Crippen molar-refractivity contribution in [3.05, 3.63) is 68.7 Å². The molecule has 1 aromatic carbocycles. The van der Waals surface area contributed by atoms with Crippen molar-refractivity contribution in [3.8, 4) is 11.5 Å². The molecular weight excluding hydrogens is 368 g/mol. The van der Waals surface area contributed by atoms with E-state index in [1.165, 1.54) is 11.1 Å². The molecule has 0 N–H and O–H groups in total. The van der Waals surface area contributed by atoms with Crippen molar-refractivity contribution in [2.45, 2.75) is 17.3 Å². The van der Waals surface area contributed by atoms with Crippen LogP contribution in [0, 0.1) is 0 Å². The second-order valence-corrected chi connectivity index (χ2v) is 8.24. The van der Waals surface area contributed by atoms with E-state index in [4.69, 9.17) is 4.98 Å². The van der Waals surface area contributed by atoms with E-state index in [0.717, 1.165) is 33.9 Å². The molecule has 126 valence electrons. The van der Waals surface area contributed by atoms with Gasteiger partial charge in [0.05, 0.1) is 5.01 Å². The molecule has 0 bridgehead atoms. The number of aromatic nitrogens is 4. The first-order valence-corrected chi connectivity index (χ1v) is 10.6. The molecule has 25 heavy (non-hydrogen) atoms. The van der Waals surface area contributed by atoms with E-state index in [2.05, 4.69) is 56.7 Å². The van der Waals surface area contributed by atoms with Crippen molar-refractivity contribution in [1.29, 1.82) is 0 Å². The van der Waals surface area contributed by atoms with Gasteiger partial charge in [0, 0.05) is 24.6 Å². The summed E-state index contributed by atoms with van der Waals surface area (Å²) < 4.78 is 2.02. The van der Waals surface area contributed by atoms with Crippen LogP contribution >= 0.6 is 34.4 Å². The highest BCUT2D eigenvalue weighted by atomic mass is 32.2. The van der Waals surface area contributed by atoms with Crippen LogP contribution < -0.4 is 0 Å². The molecule has 0 spiro atoms. The molecule has 0 saturated heterocycles. The van der Waals surface area contributed by atoms with Gasteiger partial charge in [0.25, 0.3) is 0 Å². The Balaban J connectivity index is 1.48. The van der Waals surface area contributed by atoms with Crippen LogP contribution in [0.25, 0.3) is 11.5 Å². The maximum atomic E-state index is 4.74. The number of hydrogen-bond donors (Lipinski definition) is 0. The number of thiophene rings is 1.